The van der Waals surface area contributed by atoms with Crippen molar-refractivity contribution in [2.24, 2.45) is 0 Å². The lowest BCUT2D eigenvalue weighted by molar-refractivity contribution is 1.41. The molecule has 1 heterocycles. The maximum atomic E-state index is 8.73. The van der Waals surface area contributed by atoms with E-state index in [2.05, 4.69) is 6.07 Å². The lowest BCUT2D eigenvalue weighted by atomic mass is 10.2. The Kier molecular flexibility index (Phi) is 3.32. The van der Waals surface area contributed by atoms with E-state index < -0.39 is 0 Å². The quantitative estimate of drug-likeness (QED) is 0.789. The molecule has 0 atom stereocenters. The maximum Gasteiger partial charge on any atom is 0.101 e. The van der Waals surface area contributed by atoms with Gasteiger partial charge >= 0.3 is 0 Å². The topological polar surface area (TPSA) is 23.8 Å². The summed E-state index contributed by atoms with van der Waals surface area (Å²) in [6, 6.07) is 11.6. The molecule has 4 heteroatoms. The summed E-state index contributed by atoms with van der Waals surface area (Å²) in [5.41, 5.74) is 0.521. The first-order valence-electron chi connectivity index (χ1n) is 4.20. The molecule has 0 aliphatic carbocycles. The molecule has 0 saturated heterocycles. The second kappa shape index (κ2) is 4.71. The van der Waals surface area contributed by atoms with E-state index in [1.165, 1.54) is 4.21 Å². The Bertz CT molecular complexity index is 500. The largest absolute Gasteiger partial charge is 0.192 e. The lowest BCUT2D eigenvalue weighted by Gasteiger charge is -2.00. The highest BCUT2D eigenvalue weighted by Gasteiger charge is 2.02. The Labute approximate surface area is 101 Å². The fourth-order valence-electron chi connectivity index (χ4n) is 1.09. The van der Waals surface area contributed by atoms with E-state index in [1.54, 1.807) is 29.2 Å². The zero-order chi connectivity index (χ0) is 10.7. The summed E-state index contributed by atoms with van der Waals surface area (Å²) < 4.78 is 1.22. The monoisotopic (exact) mass is 251 g/mol. The van der Waals surface area contributed by atoms with Crippen LogP contribution in [-0.2, 0) is 0 Å². The van der Waals surface area contributed by atoms with Gasteiger partial charge in [0.2, 0.25) is 0 Å². The third kappa shape index (κ3) is 2.54. The van der Waals surface area contributed by atoms with Gasteiger partial charge in [0.25, 0.3) is 0 Å². The molecule has 0 aliphatic heterocycles. The van der Waals surface area contributed by atoms with E-state index in [0.717, 1.165) is 4.90 Å². The number of nitrogens with zero attached hydrogens (tertiary/aromatic N) is 1. The Morgan fingerprint density at radius 1 is 1.33 bits per heavy atom. The second-order valence-electron chi connectivity index (χ2n) is 2.79. The molecule has 0 N–H and O–H groups in total. The Balaban J connectivity index is 2.24. The highest BCUT2D eigenvalue weighted by Crippen LogP contribution is 2.33. The van der Waals surface area contributed by atoms with Gasteiger partial charge in [0.15, 0.2) is 0 Å². The van der Waals surface area contributed by atoms with Crippen molar-refractivity contribution < 1.29 is 0 Å². The van der Waals surface area contributed by atoms with E-state index >= 15 is 0 Å². The van der Waals surface area contributed by atoms with E-state index in [1.807, 2.05) is 29.6 Å². The SMILES string of the molecule is N#Cc1ccc(Sc2cccs2)cc1Cl. The van der Waals surface area contributed by atoms with E-state index in [4.69, 9.17) is 16.9 Å². The molecule has 0 unspecified atom stereocenters. The molecule has 0 amide bonds. The molecule has 0 bridgehead atoms. The number of benzene rings is 1. The fourth-order valence-corrected chi connectivity index (χ4v) is 3.16. The van der Waals surface area contributed by atoms with Crippen LogP contribution in [0.25, 0.3) is 0 Å². The molecule has 0 spiro atoms. The van der Waals surface area contributed by atoms with Crippen LogP contribution in [0, 0.1) is 11.3 Å². The van der Waals surface area contributed by atoms with Crippen LogP contribution in [0.3, 0.4) is 0 Å². The number of hydrogen-bond donors (Lipinski definition) is 0. The zero-order valence-corrected chi connectivity index (χ0v) is 9.99. The molecule has 1 aromatic heterocycles. The van der Waals surface area contributed by atoms with Crippen LogP contribution in [-0.4, -0.2) is 0 Å². The van der Waals surface area contributed by atoms with E-state index in [-0.39, 0.29) is 0 Å². The Morgan fingerprint density at radius 3 is 2.80 bits per heavy atom. The van der Waals surface area contributed by atoms with Gasteiger partial charge in [-0.15, -0.1) is 11.3 Å². The van der Waals surface area contributed by atoms with Gasteiger partial charge < -0.3 is 0 Å². The van der Waals surface area contributed by atoms with Gasteiger partial charge in [-0.25, -0.2) is 0 Å². The molecular formula is C11H6ClNS2. The molecule has 1 nitrogen and oxygen atoms in total. The molecule has 2 rings (SSSR count). The van der Waals surface area contributed by atoms with Crippen molar-refractivity contribution in [2.75, 3.05) is 0 Å². The molecule has 0 saturated carbocycles. The average Bonchev–Trinajstić information content (AvgIpc) is 2.71. The summed E-state index contributed by atoms with van der Waals surface area (Å²) in [6.45, 7) is 0. The summed E-state index contributed by atoms with van der Waals surface area (Å²) in [7, 11) is 0. The minimum absolute atomic E-state index is 0.513. The van der Waals surface area contributed by atoms with Gasteiger partial charge in [0.05, 0.1) is 14.8 Å². The van der Waals surface area contributed by atoms with E-state index in [0.29, 0.717) is 10.6 Å². The zero-order valence-electron chi connectivity index (χ0n) is 7.61. The van der Waals surface area contributed by atoms with Crippen LogP contribution < -0.4 is 0 Å². The van der Waals surface area contributed by atoms with Crippen molar-refractivity contribution in [2.45, 2.75) is 9.10 Å². The molecule has 0 aliphatic rings. The number of rotatable bonds is 2. The van der Waals surface area contributed by atoms with Crippen molar-refractivity contribution in [1.82, 2.24) is 0 Å². The van der Waals surface area contributed by atoms with Gasteiger partial charge in [-0.1, -0.05) is 29.4 Å². The summed E-state index contributed by atoms with van der Waals surface area (Å²) >= 11 is 9.28. The minimum Gasteiger partial charge on any atom is -0.192 e. The smallest absolute Gasteiger partial charge is 0.101 e. The summed E-state index contributed by atoms with van der Waals surface area (Å²) in [6.07, 6.45) is 0. The molecule has 0 radical (unpaired) electrons. The van der Waals surface area contributed by atoms with Gasteiger partial charge in [-0.05, 0) is 29.6 Å². The van der Waals surface area contributed by atoms with Crippen LogP contribution >= 0.6 is 34.7 Å². The van der Waals surface area contributed by atoms with Crippen molar-refractivity contribution >= 4 is 34.7 Å². The number of hydrogen-bond acceptors (Lipinski definition) is 3. The number of thiophene rings is 1. The van der Waals surface area contributed by atoms with Crippen LogP contribution in [0.15, 0.2) is 44.8 Å². The number of halogens is 1. The van der Waals surface area contributed by atoms with Crippen molar-refractivity contribution in [3.63, 3.8) is 0 Å². The second-order valence-corrected chi connectivity index (χ2v) is 5.52. The molecule has 15 heavy (non-hydrogen) atoms. The highest BCUT2D eigenvalue weighted by atomic mass is 35.5. The van der Waals surface area contributed by atoms with Gasteiger partial charge in [-0.2, -0.15) is 5.26 Å². The lowest BCUT2D eigenvalue weighted by Crippen LogP contribution is -1.77. The van der Waals surface area contributed by atoms with Crippen LogP contribution in [0.1, 0.15) is 5.56 Å². The first-order chi connectivity index (χ1) is 7.29. The van der Waals surface area contributed by atoms with Crippen molar-refractivity contribution in [3.05, 3.63) is 46.3 Å². The third-order valence-electron chi connectivity index (χ3n) is 1.77. The van der Waals surface area contributed by atoms with Gasteiger partial charge in [0, 0.05) is 4.90 Å². The van der Waals surface area contributed by atoms with Crippen LogP contribution in [0.5, 0.6) is 0 Å². The molecule has 1 aromatic carbocycles. The molecular weight excluding hydrogens is 246 g/mol. The molecule has 0 fully saturated rings. The third-order valence-corrected chi connectivity index (χ3v) is 4.11. The first-order valence-corrected chi connectivity index (χ1v) is 6.28. The average molecular weight is 252 g/mol. The van der Waals surface area contributed by atoms with Crippen LogP contribution in [0.2, 0.25) is 5.02 Å². The first kappa shape index (κ1) is 10.6. The van der Waals surface area contributed by atoms with E-state index in [9.17, 15) is 0 Å². The number of nitriles is 1. The predicted molar refractivity (Wildman–Crippen MR) is 64.6 cm³/mol. The summed E-state index contributed by atoms with van der Waals surface area (Å²) in [5, 5.41) is 11.3. The van der Waals surface area contributed by atoms with Crippen LogP contribution in [0.4, 0.5) is 0 Å². The fraction of sp³-hybridized carbons (Fsp3) is 0. The molecule has 74 valence electrons. The summed E-state index contributed by atoms with van der Waals surface area (Å²) in [4.78, 5) is 1.06. The minimum atomic E-state index is 0.513. The molecule has 2 aromatic rings. The maximum absolute atomic E-state index is 8.73. The Hall–Kier alpha value is -0.950. The highest BCUT2D eigenvalue weighted by molar-refractivity contribution is 8.01. The van der Waals surface area contributed by atoms with Crippen molar-refractivity contribution in [1.29, 1.82) is 5.26 Å². The van der Waals surface area contributed by atoms with Gasteiger partial charge in [0.1, 0.15) is 6.07 Å². The standard InChI is InChI=1S/C11H6ClNS2/c12-10-6-9(4-3-8(10)7-13)15-11-2-1-5-14-11/h1-6H. The normalized spacial score (nSPS) is 9.87. The Morgan fingerprint density at radius 2 is 2.20 bits per heavy atom. The predicted octanol–water partition coefficient (Wildman–Crippen LogP) is 4.42. The summed E-state index contributed by atoms with van der Waals surface area (Å²) in [5.74, 6) is 0. The van der Waals surface area contributed by atoms with Crippen molar-refractivity contribution in [3.8, 4) is 6.07 Å². The van der Waals surface area contributed by atoms with Gasteiger partial charge in [-0.3, -0.25) is 0 Å².